The predicted octanol–water partition coefficient (Wildman–Crippen LogP) is 2.78. The van der Waals surface area contributed by atoms with E-state index in [9.17, 15) is 4.39 Å². The lowest BCUT2D eigenvalue weighted by Gasteiger charge is -2.03. The highest BCUT2D eigenvalue weighted by molar-refractivity contribution is 5.49. The Bertz CT molecular complexity index is 317. The summed E-state index contributed by atoms with van der Waals surface area (Å²) in [6, 6.07) is 4.05. The summed E-state index contributed by atoms with van der Waals surface area (Å²) in [7, 11) is 0. The van der Waals surface area contributed by atoms with Gasteiger partial charge < -0.3 is 4.74 Å². The first kappa shape index (κ1) is 8.54. The Morgan fingerprint density at radius 2 is 2.33 bits per heavy atom. The zero-order valence-electron chi connectivity index (χ0n) is 6.67. The first-order valence-electron chi connectivity index (χ1n) is 3.57. The van der Waals surface area contributed by atoms with Gasteiger partial charge >= 0.3 is 0 Å². The summed E-state index contributed by atoms with van der Waals surface area (Å²) >= 11 is 0. The molecule has 0 radical (unpaired) electrons. The molecule has 0 heterocycles. The van der Waals surface area contributed by atoms with Gasteiger partial charge in [0.15, 0.2) is 11.5 Å². The molecule has 0 aliphatic rings. The maximum Gasteiger partial charge on any atom is 0.191 e. The van der Waals surface area contributed by atoms with E-state index in [2.05, 4.69) is 4.85 Å². The topological polar surface area (TPSA) is 13.6 Å². The highest BCUT2D eigenvalue weighted by atomic mass is 19.1. The van der Waals surface area contributed by atoms with Gasteiger partial charge in [0.1, 0.15) is 5.75 Å². The number of ether oxygens (including phenoxy) is 1. The van der Waals surface area contributed by atoms with E-state index in [-0.39, 0.29) is 5.75 Å². The highest BCUT2D eigenvalue weighted by Gasteiger charge is 2.02. The standard InChI is InChI=1S/C9H8FNO/c1-3-12-9-6-7(11-2)4-5-8(9)10/h4-6H,3H2,1H3. The van der Waals surface area contributed by atoms with Crippen LogP contribution in [0.4, 0.5) is 10.1 Å². The second kappa shape index (κ2) is 3.72. The fourth-order valence-electron chi connectivity index (χ4n) is 0.828. The third-order valence-corrected chi connectivity index (χ3v) is 1.34. The van der Waals surface area contributed by atoms with Gasteiger partial charge in [0.05, 0.1) is 13.2 Å². The fraction of sp³-hybridized carbons (Fsp3) is 0.222. The summed E-state index contributed by atoms with van der Waals surface area (Å²) in [5, 5.41) is 0. The Labute approximate surface area is 70.4 Å². The van der Waals surface area contributed by atoms with Gasteiger partial charge in [-0.15, -0.1) is 0 Å². The van der Waals surface area contributed by atoms with Crippen LogP contribution in [0.2, 0.25) is 0 Å². The Kier molecular flexibility index (Phi) is 2.65. The van der Waals surface area contributed by atoms with Crippen molar-refractivity contribution in [1.82, 2.24) is 0 Å². The zero-order chi connectivity index (χ0) is 8.97. The van der Waals surface area contributed by atoms with Crippen molar-refractivity contribution in [3.63, 3.8) is 0 Å². The van der Waals surface area contributed by atoms with Crippen LogP contribution in [-0.2, 0) is 0 Å². The van der Waals surface area contributed by atoms with Gasteiger partial charge in [-0.2, -0.15) is 0 Å². The van der Waals surface area contributed by atoms with Gasteiger partial charge in [0, 0.05) is 0 Å². The summed E-state index contributed by atoms with van der Waals surface area (Å²) in [6.07, 6.45) is 0. The number of hydrogen-bond donors (Lipinski definition) is 0. The van der Waals surface area contributed by atoms with E-state index in [1.807, 2.05) is 0 Å². The molecule has 0 aromatic heterocycles. The average Bonchev–Trinajstić information content (AvgIpc) is 2.09. The molecule has 0 atom stereocenters. The van der Waals surface area contributed by atoms with Crippen LogP contribution in [-0.4, -0.2) is 6.61 Å². The average molecular weight is 165 g/mol. The lowest BCUT2D eigenvalue weighted by atomic mass is 10.3. The van der Waals surface area contributed by atoms with Gasteiger partial charge in [-0.1, -0.05) is 6.07 Å². The normalized spacial score (nSPS) is 9.08. The monoisotopic (exact) mass is 165 g/mol. The molecule has 0 aliphatic heterocycles. The Morgan fingerprint density at radius 3 is 2.92 bits per heavy atom. The van der Waals surface area contributed by atoms with Crippen molar-refractivity contribution >= 4 is 5.69 Å². The van der Waals surface area contributed by atoms with Crippen molar-refractivity contribution in [1.29, 1.82) is 0 Å². The van der Waals surface area contributed by atoms with Crippen LogP contribution in [0, 0.1) is 12.4 Å². The summed E-state index contributed by atoms with van der Waals surface area (Å²) in [4.78, 5) is 3.16. The van der Waals surface area contributed by atoms with Crippen LogP contribution in [0.5, 0.6) is 5.75 Å². The SMILES string of the molecule is [C-]#[N+]c1ccc(F)c(OCC)c1. The molecule has 1 rings (SSSR count). The second-order valence-corrected chi connectivity index (χ2v) is 2.16. The summed E-state index contributed by atoms with van der Waals surface area (Å²) < 4.78 is 17.8. The number of hydrogen-bond acceptors (Lipinski definition) is 1. The fourth-order valence-corrected chi connectivity index (χ4v) is 0.828. The molecule has 1 aromatic carbocycles. The molecule has 0 N–H and O–H groups in total. The third kappa shape index (κ3) is 1.73. The van der Waals surface area contributed by atoms with Crippen molar-refractivity contribution in [2.75, 3.05) is 6.61 Å². The highest BCUT2D eigenvalue weighted by Crippen LogP contribution is 2.23. The number of nitrogens with zero attached hydrogens (tertiary/aromatic N) is 1. The first-order chi connectivity index (χ1) is 5.77. The third-order valence-electron chi connectivity index (χ3n) is 1.34. The van der Waals surface area contributed by atoms with E-state index >= 15 is 0 Å². The van der Waals surface area contributed by atoms with Crippen molar-refractivity contribution in [2.24, 2.45) is 0 Å². The molecule has 3 heteroatoms. The molecule has 0 fully saturated rings. The van der Waals surface area contributed by atoms with Crippen LogP contribution < -0.4 is 4.74 Å². The summed E-state index contributed by atoms with van der Waals surface area (Å²) in [5.74, 6) is -0.282. The van der Waals surface area contributed by atoms with E-state index < -0.39 is 5.82 Å². The first-order valence-corrected chi connectivity index (χ1v) is 3.57. The molecular formula is C9H8FNO. The zero-order valence-corrected chi connectivity index (χ0v) is 6.67. The Hall–Kier alpha value is -1.56. The number of benzene rings is 1. The quantitative estimate of drug-likeness (QED) is 0.614. The van der Waals surface area contributed by atoms with Crippen molar-refractivity contribution in [3.05, 3.63) is 35.4 Å². The van der Waals surface area contributed by atoms with Crippen LogP contribution in [0.15, 0.2) is 18.2 Å². The maximum atomic E-state index is 12.9. The molecule has 0 saturated heterocycles. The maximum absolute atomic E-state index is 12.9. The van der Waals surface area contributed by atoms with E-state index in [0.717, 1.165) is 0 Å². The lowest BCUT2D eigenvalue weighted by Crippen LogP contribution is -1.93. The van der Waals surface area contributed by atoms with Gasteiger partial charge in [0.2, 0.25) is 0 Å². The van der Waals surface area contributed by atoms with E-state index in [4.69, 9.17) is 11.3 Å². The van der Waals surface area contributed by atoms with Gasteiger partial charge in [0.25, 0.3) is 0 Å². The van der Waals surface area contributed by atoms with Crippen molar-refractivity contribution in [3.8, 4) is 5.75 Å². The minimum Gasteiger partial charge on any atom is -0.492 e. The molecule has 62 valence electrons. The molecule has 0 bridgehead atoms. The molecule has 0 spiro atoms. The molecule has 12 heavy (non-hydrogen) atoms. The number of halogens is 1. The van der Waals surface area contributed by atoms with Crippen LogP contribution in [0.25, 0.3) is 4.85 Å². The van der Waals surface area contributed by atoms with Gasteiger partial charge in [-0.05, 0) is 19.1 Å². The predicted molar refractivity (Wildman–Crippen MR) is 43.8 cm³/mol. The lowest BCUT2D eigenvalue weighted by molar-refractivity contribution is 0.322. The van der Waals surface area contributed by atoms with Crippen LogP contribution in [0.3, 0.4) is 0 Å². The molecule has 2 nitrogen and oxygen atoms in total. The molecule has 0 amide bonds. The molecule has 0 saturated carbocycles. The summed E-state index contributed by atoms with van der Waals surface area (Å²) in [6.45, 7) is 8.86. The molecular weight excluding hydrogens is 157 g/mol. The van der Waals surface area contributed by atoms with Gasteiger partial charge in [-0.25, -0.2) is 9.24 Å². The minimum absolute atomic E-state index is 0.144. The second-order valence-electron chi connectivity index (χ2n) is 2.16. The van der Waals surface area contributed by atoms with E-state index in [1.54, 1.807) is 6.92 Å². The minimum atomic E-state index is -0.427. The Morgan fingerprint density at radius 1 is 1.58 bits per heavy atom. The van der Waals surface area contributed by atoms with Crippen molar-refractivity contribution < 1.29 is 9.13 Å². The molecule has 1 aromatic rings. The van der Waals surface area contributed by atoms with Crippen molar-refractivity contribution in [2.45, 2.75) is 6.92 Å². The smallest absolute Gasteiger partial charge is 0.191 e. The van der Waals surface area contributed by atoms with E-state index in [1.165, 1.54) is 18.2 Å². The summed E-state index contributed by atoms with van der Waals surface area (Å²) in [5.41, 5.74) is 0.389. The Balaban J connectivity index is 3.01. The van der Waals surface area contributed by atoms with Crippen LogP contribution in [0.1, 0.15) is 6.92 Å². The largest absolute Gasteiger partial charge is 0.492 e. The van der Waals surface area contributed by atoms with Crippen LogP contribution >= 0.6 is 0 Å². The molecule has 0 unspecified atom stereocenters. The number of rotatable bonds is 2. The van der Waals surface area contributed by atoms with Gasteiger partial charge in [-0.3, -0.25) is 0 Å². The van der Waals surface area contributed by atoms with E-state index in [0.29, 0.717) is 12.3 Å². The molecule has 0 aliphatic carbocycles.